The van der Waals surface area contributed by atoms with Crippen molar-refractivity contribution in [2.75, 3.05) is 6.61 Å². The van der Waals surface area contributed by atoms with Gasteiger partial charge in [-0.2, -0.15) is 0 Å². The molecule has 1 N–H and O–H groups in total. The number of hydrogen-bond acceptors (Lipinski definition) is 5. The lowest BCUT2D eigenvalue weighted by atomic mass is 10.1. The van der Waals surface area contributed by atoms with Crippen molar-refractivity contribution in [1.82, 2.24) is 4.57 Å². The topological polar surface area (TPSA) is 68.5 Å². The maximum absolute atomic E-state index is 12.4. The van der Waals surface area contributed by atoms with Crippen LogP contribution >= 0.6 is 11.3 Å². The van der Waals surface area contributed by atoms with Gasteiger partial charge in [-0.05, 0) is 33.3 Å². The maximum Gasteiger partial charge on any atom is 0.347 e. The van der Waals surface area contributed by atoms with Crippen molar-refractivity contribution >= 4 is 27.5 Å². The number of carbonyl (C=O) groups excluding carboxylic acids is 1. The molecule has 0 saturated carbocycles. The molecule has 2 heterocycles. The molecule has 2 rings (SSSR count). The summed E-state index contributed by atoms with van der Waals surface area (Å²) in [4.78, 5) is 26.0. The van der Waals surface area contributed by atoms with Gasteiger partial charge in [-0.15, -0.1) is 11.3 Å². The maximum atomic E-state index is 12.4. The van der Waals surface area contributed by atoms with E-state index in [-0.39, 0.29) is 17.9 Å². The first kappa shape index (κ1) is 14.6. The zero-order chi connectivity index (χ0) is 15.0. The average molecular weight is 295 g/mol. The third kappa shape index (κ3) is 2.00. The Morgan fingerprint density at radius 3 is 2.55 bits per heavy atom. The lowest BCUT2D eigenvalue weighted by molar-refractivity contribution is 0.0520. The molecule has 0 aliphatic rings. The number of carbonyl (C=O) groups is 1. The second kappa shape index (κ2) is 5.28. The number of rotatable bonds is 3. The Bertz CT molecular complexity index is 742. The van der Waals surface area contributed by atoms with Crippen LogP contribution in [0.15, 0.2) is 4.79 Å². The summed E-state index contributed by atoms with van der Waals surface area (Å²) in [6, 6.07) is 0. The number of nitrogens with zero attached hydrogens (tertiary/aromatic N) is 1. The summed E-state index contributed by atoms with van der Waals surface area (Å²) in [5.41, 5.74) is 0.106. The molecule has 20 heavy (non-hydrogen) atoms. The van der Waals surface area contributed by atoms with Crippen molar-refractivity contribution in [2.45, 2.75) is 34.2 Å². The van der Waals surface area contributed by atoms with E-state index in [9.17, 15) is 14.7 Å². The molecule has 2 aromatic rings. The van der Waals surface area contributed by atoms with Gasteiger partial charge in [0.05, 0.1) is 12.0 Å². The molecule has 0 unspecified atom stereocenters. The molecule has 0 fully saturated rings. The first-order valence-electron chi connectivity index (χ1n) is 6.46. The monoisotopic (exact) mass is 295 g/mol. The molecule has 2 aromatic heterocycles. The van der Waals surface area contributed by atoms with Crippen LogP contribution in [-0.4, -0.2) is 22.2 Å². The van der Waals surface area contributed by atoms with E-state index in [4.69, 9.17) is 4.74 Å². The molecule has 0 atom stereocenters. The summed E-state index contributed by atoms with van der Waals surface area (Å²) in [5.74, 6) is -1.04. The van der Waals surface area contributed by atoms with E-state index >= 15 is 0 Å². The average Bonchev–Trinajstić information content (AvgIpc) is 2.67. The lowest BCUT2D eigenvalue weighted by Gasteiger charge is -2.10. The third-order valence-electron chi connectivity index (χ3n) is 3.34. The Labute approximate surface area is 120 Å². The SMILES string of the molecule is CCOC(=O)c1c(O)c2c(C)c(C)sc2n(CC)c1=O. The number of hydrogen-bond donors (Lipinski definition) is 1. The van der Waals surface area contributed by atoms with Gasteiger partial charge in [0.2, 0.25) is 0 Å². The Kier molecular flexibility index (Phi) is 3.85. The fourth-order valence-corrected chi connectivity index (χ4v) is 3.43. The van der Waals surface area contributed by atoms with Crippen molar-refractivity contribution in [3.8, 4) is 5.75 Å². The molecule has 0 radical (unpaired) electrons. The Morgan fingerprint density at radius 2 is 2.00 bits per heavy atom. The number of ether oxygens (including phenoxy) is 1. The van der Waals surface area contributed by atoms with Crippen molar-refractivity contribution in [3.63, 3.8) is 0 Å². The van der Waals surface area contributed by atoms with Crippen LogP contribution in [0.1, 0.15) is 34.6 Å². The zero-order valence-corrected chi connectivity index (χ0v) is 12.8. The van der Waals surface area contributed by atoms with E-state index in [2.05, 4.69) is 0 Å². The van der Waals surface area contributed by atoms with Gasteiger partial charge >= 0.3 is 5.97 Å². The van der Waals surface area contributed by atoms with E-state index in [0.717, 1.165) is 10.4 Å². The number of aryl methyl sites for hydroxylation is 3. The zero-order valence-electron chi connectivity index (χ0n) is 11.9. The second-order valence-electron chi connectivity index (χ2n) is 4.46. The van der Waals surface area contributed by atoms with Gasteiger partial charge in [0.1, 0.15) is 10.6 Å². The van der Waals surface area contributed by atoms with Gasteiger partial charge in [-0.1, -0.05) is 0 Å². The minimum Gasteiger partial charge on any atom is -0.506 e. The summed E-state index contributed by atoms with van der Waals surface area (Å²) in [5, 5.41) is 10.9. The smallest absolute Gasteiger partial charge is 0.347 e. The molecular formula is C14H17NO4S. The number of aromatic nitrogens is 1. The normalized spacial score (nSPS) is 11.0. The van der Waals surface area contributed by atoms with Gasteiger partial charge in [0, 0.05) is 11.4 Å². The minimum atomic E-state index is -0.776. The molecule has 0 saturated heterocycles. The number of fused-ring (bicyclic) bond motifs is 1. The molecular weight excluding hydrogens is 278 g/mol. The predicted octanol–water partition coefficient (Wildman–Crippen LogP) is 2.58. The standard InChI is InChI=1S/C14H17NO4S/c1-5-15-12(17)10(14(18)19-6-2)11(16)9-7(3)8(4)20-13(9)15/h16H,5-6H2,1-4H3. The largest absolute Gasteiger partial charge is 0.506 e. The van der Waals surface area contributed by atoms with Crippen molar-refractivity contribution < 1.29 is 14.6 Å². The number of thiophene rings is 1. The Hall–Kier alpha value is -1.82. The predicted molar refractivity (Wildman–Crippen MR) is 78.9 cm³/mol. The Morgan fingerprint density at radius 1 is 1.35 bits per heavy atom. The van der Waals surface area contributed by atoms with Gasteiger partial charge < -0.3 is 9.84 Å². The van der Waals surface area contributed by atoms with E-state index in [1.165, 1.54) is 15.9 Å². The van der Waals surface area contributed by atoms with E-state index < -0.39 is 11.5 Å². The molecule has 108 valence electrons. The lowest BCUT2D eigenvalue weighted by Crippen LogP contribution is -2.27. The number of esters is 1. The number of pyridine rings is 1. The molecule has 0 bridgehead atoms. The molecule has 0 aliphatic carbocycles. The van der Waals surface area contributed by atoms with Crippen molar-refractivity contribution in [3.05, 3.63) is 26.4 Å². The van der Waals surface area contributed by atoms with Crippen LogP contribution in [0.25, 0.3) is 10.2 Å². The summed E-state index contributed by atoms with van der Waals surface area (Å²) in [6.45, 7) is 7.87. The highest BCUT2D eigenvalue weighted by Gasteiger charge is 2.25. The fraction of sp³-hybridized carbons (Fsp3) is 0.429. The first-order chi connectivity index (χ1) is 9.43. The molecule has 0 aromatic carbocycles. The summed E-state index contributed by atoms with van der Waals surface area (Å²) >= 11 is 1.44. The van der Waals surface area contributed by atoms with Crippen LogP contribution in [0, 0.1) is 13.8 Å². The van der Waals surface area contributed by atoms with Crippen molar-refractivity contribution in [1.29, 1.82) is 0 Å². The van der Waals surface area contributed by atoms with Crippen molar-refractivity contribution in [2.24, 2.45) is 0 Å². The summed E-state index contributed by atoms with van der Waals surface area (Å²) in [7, 11) is 0. The van der Waals surface area contributed by atoms with E-state index in [1.54, 1.807) is 6.92 Å². The van der Waals surface area contributed by atoms with Gasteiger partial charge in [-0.3, -0.25) is 9.36 Å². The molecule has 0 amide bonds. The first-order valence-corrected chi connectivity index (χ1v) is 7.28. The van der Waals surface area contributed by atoms with Crippen LogP contribution in [0.2, 0.25) is 0 Å². The summed E-state index contributed by atoms with van der Waals surface area (Å²) < 4.78 is 6.38. The van der Waals surface area contributed by atoms with Crippen LogP contribution < -0.4 is 5.56 Å². The fourth-order valence-electron chi connectivity index (χ4n) is 2.21. The van der Waals surface area contributed by atoms with Crippen LogP contribution in [0.4, 0.5) is 0 Å². The molecule has 6 heteroatoms. The van der Waals surface area contributed by atoms with Gasteiger partial charge in [0.25, 0.3) is 5.56 Å². The third-order valence-corrected chi connectivity index (χ3v) is 4.57. The van der Waals surface area contributed by atoms with Gasteiger partial charge in [-0.25, -0.2) is 4.79 Å². The van der Waals surface area contributed by atoms with E-state index in [0.29, 0.717) is 16.8 Å². The van der Waals surface area contributed by atoms with Crippen LogP contribution in [0.5, 0.6) is 5.75 Å². The van der Waals surface area contributed by atoms with Crippen LogP contribution in [-0.2, 0) is 11.3 Å². The van der Waals surface area contributed by atoms with E-state index in [1.807, 2.05) is 20.8 Å². The Balaban J connectivity index is 2.93. The summed E-state index contributed by atoms with van der Waals surface area (Å²) in [6.07, 6.45) is 0. The highest BCUT2D eigenvalue weighted by Crippen LogP contribution is 2.36. The molecule has 5 nitrogen and oxygen atoms in total. The second-order valence-corrected chi connectivity index (χ2v) is 5.66. The number of aromatic hydroxyl groups is 1. The molecule has 0 aliphatic heterocycles. The van der Waals surface area contributed by atoms with Crippen LogP contribution in [0.3, 0.4) is 0 Å². The van der Waals surface area contributed by atoms with Gasteiger partial charge in [0.15, 0.2) is 5.56 Å². The molecule has 0 spiro atoms. The highest BCUT2D eigenvalue weighted by atomic mass is 32.1. The minimum absolute atomic E-state index is 0.156. The highest BCUT2D eigenvalue weighted by molar-refractivity contribution is 7.18. The quantitative estimate of drug-likeness (QED) is 0.884.